The van der Waals surface area contributed by atoms with Gasteiger partial charge in [0.25, 0.3) is 11.8 Å². The van der Waals surface area contributed by atoms with Crippen LogP contribution < -0.4 is 5.32 Å². The molecule has 7 nitrogen and oxygen atoms in total. The summed E-state index contributed by atoms with van der Waals surface area (Å²) in [6.07, 6.45) is 5.87. The lowest BCUT2D eigenvalue weighted by molar-refractivity contribution is 0.0678. The maximum Gasteiger partial charge on any atom is 0.289 e. The first-order chi connectivity index (χ1) is 13.0. The minimum absolute atomic E-state index is 0.0169. The van der Waals surface area contributed by atoms with Crippen LogP contribution in [0.25, 0.3) is 0 Å². The number of nitrogens with one attached hydrogen (secondary N) is 1. The number of imidazole rings is 1. The van der Waals surface area contributed by atoms with Crippen LogP contribution in [0.1, 0.15) is 65.8 Å². The summed E-state index contributed by atoms with van der Waals surface area (Å²) in [6.45, 7) is 6.14. The standard InChI is InChI=1S/C20H33N5O2/c1-15-8-13-24(14-9-15)20(27)18-22-17(16-7-4-5-12-25(16)18)19(26)21-10-6-11-23(2)3/h15H,4-14H2,1-3H3,(H,21,26). The van der Waals surface area contributed by atoms with Gasteiger partial charge in [0.1, 0.15) is 5.69 Å². The molecule has 0 spiro atoms. The zero-order chi connectivity index (χ0) is 19.4. The van der Waals surface area contributed by atoms with Gasteiger partial charge < -0.3 is 19.7 Å². The van der Waals surface area contributed by atoms with E-state index in [1.54, 1.807) is 0 Å². The minimum atomic E-state index is -0.147. The number of fused-ring (bicyclic) bond motifs is 1. The number of carbonyl (C=O) groups excluding carboxylic acids is 2. The molecule has 0 aromatic carbocycles. The third-order valence-electron chi connectivity index (χ3n) is 5.66. The molecule has 150 valence electrons. The molecule has 0 unspecified atom stereocenters. The predicted molar refractivity (Wildman–Crippen MR) is 105 cm³/mol. The van der Waals surface area contributed by atoms with Crippen molar-refractivity contribution in [1.29, 1.82) is 0 Å². The van der Waals surface area contributed by atoms with Crippen molar-refractivity contribution in [1.82, 2.24) is 24.7 Å². The van der Waals surface area contributed by atoms with Crippen molar-refractivity contribution in [3.63, 3.8) is 0 Å². The van der Waals surface area contributed by atoms with Gasteiger partial charge in [-0.2, -0.15) is 0 Å². The normalized spacial score (nSPS) is 17.9. The highest BCUT2D eigenvalue weighted by molar-refractivity contribution is 5.97. The Bertz CT molecular complexity index is 674. The van der Waals surface area contributed by atoms with Crippen LogP contribution in [0.15, 0.2) is 0 Å². The van der Waals surface area contributed by atoms with E-state index in [1.165, 1.54) is 0 Å². The van der Waals surface area contributed by atoms with E-state index in [-0.39, 0.29) is 11.8 Å². The number of hydrogen-bond donors (Lipinski definition) is 1. The Morgan fingerprint density at radius 2 is 1.93 bits per heavy atom. The fourth-order valence-corrected chi connectivity index (χ4v) is 3.92. The number of piperidine rings is 1. The van der Waals surface area contributed by atoms with E-state index in [1.807, 2.05) is 23.6 Å². The largest absolute Gasteiger partial charge is 0.351 e. The molecule has 3 rings (SSSR count). The lowest BCUT2D eigenvalue weighted by Crippen LogP contribution is -2.39. The van der Waals surface area contributed by atoms with Crippen molar-refractivity contribution in [3.05, 3.63) is 17.2 Å². The molecule has 1 fully saturated rings. The summed E-state index contributed by atoms with van der Waals surface area (Å²) in [4.78, 5) is 34.3. The van der Waals surface area contributed by atoms with Crippen LogP contribution in [0.3, 0.4) is 0 Å². The maximum atomic E-state index is 13.1. The highest BCUT2D eigenvalue weighted by atomic mass is 16.2. The number of likely N-dealkylation sites (tertiary alicyclic amines) is 1. The highest BCUT2D eigenvalue weighted by Crippen LogP contribution is 2.24. The molecule has 2 aliphatic heterocycles. The molecule has 1 N–H and O–H groups in total. The SMILES string of the molecule is CC1CCN(C(=O)c2nc(C(=O)NCCCN(C)C)c3n2CCCC3)CC1. The van der Waals surface area contributed by atoms with Gasteiger partial charge in [-0.1, -0.05) is 6.92 Å². The smallest absolute Gasteiger partial charge is 0.289 e. The first kappa shape index (κ1) is 19.9. The fraction of sp³-hybridized carbons (Fsp3) is 0.750. The van der Waals surface area contributed by atoms with E-state index in [0.29, 0.717) is 24.0 Å². The van der Waals surface area contributed by atoms with Gasteiger partial charge in [-0.05, 0) is 65.1 Å². The molecule has 2 aliphatic rings. The van der Waals surface area contributed by atoms with E-state index < -0.39 is 0 Å². The van der Waals surface area contributed by atoms with Crippen LogP contribution in [0, 0.1) is 5.92 Å². The average Bonchev–Trinajstić information content (AvgIpc) is 3.05. The molecule has 1 saturated heterocycles. The average molecular weight is 376 g/mol. The van der Waals surface area contributed by atoms with Crippen LogP contribution in [0.4, 0.5) is 0 Å². The van der Waals surface area contributed by atoms with Crippen molar-refractivity contribution in [3.8, 4) is 0 Å². The predicted octanol–water partition coefficient (Wildman–Crippen LogP) is 1.77. The monoisotopic (exact) mass is 375 g/mol. The lowest BCUT2D eigenvalue weighted by atomic mass is 9.99. The summed E-state index contributed by atoms with van der Waals surface area (Å²) in [5.74, 6) is 0.965. The van der Waals surface area contributed by atoms with Crippen molar-refractivity contribution in [2.24, 2.45) is 5.92 Å². The molecule has 27 heavy (non-hydrogen) atoms. The Morgan fingerprint density at radius 1 is 1.19 bits per heavy atom. The van der Waals surface area contributed by atoms with Crippen molar-refractivity contribution >= 4 is 11.8 Å². The van der Waals surface area contributed by atoms with Crippen LogP contribution in [0.2, 0.25) is 0 Å². The number of nitrogens with zero attached hydrogens (tertiary/aromatic N) is 4. The van der Waals surface area contributed by atoms with E-state index in [2.05, 4.69) is 22.1 Å². The van der Waals surface area contributed by atoms with Crippen molar-refractivity contribution in [2.75, 3.05) is 40.3 Å². The second kappa shape index (κ2) is 8.87. The van der Waals surface area contributed by atoms with Crippen LogP contribution in [0.5, 0.6) is 0 Å². The number of carbonyl (C=O) groups is 2. The summed E-state index contributed by atoms with van der Waals surface area (Å²) in [5, 5.41) is 2.98. The number of rotatable bonds is 6. The van der Waals surface area contributed by atoms with Gasteiger partial charge in [0.15, 0.2) is 5.82 Å². The molecule has 7 heteroatoms. The maximum absolute atomic E-state index is 13.1. The van der Waals surface area contributed by atoms with Crippen molar-refractivity contribution in [2.45, 2.75) is 52.0 Å². The first-order valence-corrected chi connectivity index (χ1v) is 10.3. The Labute approximate surface area is 162 Å². The summed E-state index contributed by atoms with van der Waals surface area (Å²) in [6, 6.07) is 0. The number of aromatic nitrogens is 2. The molecule has 3 heterocycles. The van der Waals surface area contributed by atoms with E-state index in [9.17, 15) is 9.59 Å². The van der Waals surface area contributed by atoms with Gasteiger partial charge in [0.2, 0.25) is 0 Å². The van der Waals surface area contributed by atoms with E-state index in [0.717, 1.165) is 70.4 Å². The van der Waals surface area contributed by atoms with Gasteiger partial charge in [0.05, 0.1) is 5.69 Å². The van der Waals surface area contributed by atoms with Crippen LogP contribution >= 0.6 is 0 Å². The van der Waals surface area contributed by atoms with Gasteiger partial charge in [-0.3, -0.25) is 9.59 Å². The summed E-state index contributed by atoms with van der Waals surface area (Å²) in [5.41, 5.74) is 1.38. The molecule has 0 atom stereocenters. The van der Waals surface area contributed by atoms with Crippen molar-refractivity contribution < 1.29 is 9.59 Å². The molecule has 2 amide bonds. The van der Waals surface area contributed by atoms with Crippen LogP contribution in [-0.4, -0.2) is 71.4 Å². The zero-order valence-corrected chi connectivity index (χ0v) is 17.0. The van der Waals surface area contributed by atoms with Gasteiger partial charge >= 0.3 is 0 Å². The molecule has 0 saturated carbocycles. The van der Waals surface area contributed by atoms with E-state index >= 15 is 0 Å². The summed E-state index contributed by atoms with van der Waals surface area (Å²) in [7, 11) is 4.04. The summed E-state index contributed by atoms with van der Waals surface area (Å²) >= 11 is 0. The molecular formula is C20H33N5O2. The van der Waals surface area contributed by atoms with Gasteiger partial charge in [-0.15, -0.1) is 0 Å². The molecule has 0 bridgehead atoms. The van der Waals surface area contributed by atoms with Gasteiger partial charge in [0, 0.05) is 26.2 Å². The zero-order valence-electron chi connectivity index (χ0n) is 17.0. The lowest BCUT2D eigenvalue weighted by Gasteiger charge is -2.30. The third-order valence-corrected chi connectivity index (χ3v) is 5.66. The Morgan fingerprint density at radius 3 is 2.63 bits per heavy atom. The Balaban J connectivity index is 1.74. The first-order valence-electron chi connectivity index (χ1n) is 10.3. The van der Waals surface area contributed by atoms with E-state index in [4.69, 9.17) is 0 Å². The third kappa shape index (κ3) is 4.69. The molecule has 0 aliphatic carbocycles. The Kier molecular flexibility index (Phi) is 6.52. The number of hydrogen-bond acceptors (Lipinski definition) is 4. The number of amides is 2. The molecule has 1 aromatic heterocycles. The molecule has 1 aromatic rings. The van der Waals surface area contributed by atoms with Crippen LogP contribution in [-0.2, 0) is 13.0 Å². The molecular weight excluding hydrogens is 342 g/mol. The second-order valence-corrected chi connectivity index (χ2v) is 8.23. The minimum Gasteiger partial charge on any atom is -0.351 e. The Hall–Kier alpha value is -1.89. The highest BCUT2D eigenvalue weighted by Gasteiger charge is 2.30. The van der Waals surface area contributed by atoms with Gasteiger partial charge in [-0.25, -0.2) is 4.98 Å². The fourth-order valence-electron chi connectivity index (χ4n) is 3.92. The topological polar surface area (TPSA) is 70.5 Å². The summed E-state index contributed by atoms with van der Waals surface area (Å²) < 4.78 is 2.00. The molecule has 0 radical (unpaired) electrons. The quantitative estimate of drug-likeness (QED) is 0.770. The second-order valence-electron chi connectivity index (χ2n) is 8.23.